The summed E-state index contributed by atoms with van der Waals surface area (Å²) < 4.78 is 28.3. The molecule has 162 valence electrons. The van der Waals surface area contributed by atoms with Gasteiger partial charge in [0.1, 0.15) is 0 Å². The highest BCUT2D eigenvalue weighted by Gasteiger charge is 2.32. The second-order valence-electron chi connectivity index (χ2n) is 7.98. The van der Waals surface area contributed by atoms with E-state index in [0.717, 1.165) is 44.6 Å². The van der Waals surface area contributed by atoms with Gasteiger partial charge in [0.05, 0.1) is 4.90 Å². The van der Waals surface area contributed by atoms with Crippen molar-refractivity contribution < 1.29 is 13.2 Å². The lowest BCUT2D eigenvalue weighted by Crippen LogP contribution is -2.48. The fourth-order valence-electron chi connectivity index (χ4n) is 4.21. The van der Waals surface area contributed by atoms with Crippen LogP contribution in [0, 0.1) is 6.92 Å². The highest BCUT2D eigenvalue weighted by Crippen LogP contribution is 2.23. The predicted molar refractivity (Wildman–Crippen MR) is 114 cm³/mol. The molecule has 0 aliphatic carbocycles. The zero-order valence-corrected chi connectivity index (χ0v) is 18.5. The average Bonchev–Trinajstić information content (AvgIpc) is 3.19. The quantitative estimate of drug-likeness (QED) is 0.684. The van der Waals surface area contributed by atoms with Gasteiger partial charge in [0.25, 0.3) is 0 Å². The van der Waals surface area contributed by atoms with E-state index in [1.165, 1.54) is 4.31 Å². The van der Waals surface area contributed by atoms with Gasteiger partial charge in [0.15, 0.2) is 0 Å². The molecule has 2 aliphatic rings. The van der Waals surface area contributed by atoms with Gasteiger partial charge >= 0.3 is 0 Å². The number of piperazine rings is 1. The maximum atomic E-state index is 13.4. The van der Waals surface area contributed by atoms with Crippen LogP contribution in [0.25, 0.3) is 0 Å². The Hall–Kier alpha value is -1.48. The van der Waals surface area contributed by atoms with Gasteiger partial charge in [0.2, 0.25) is 15.9 Å². The Kier molecular flexibility index (Phi) is 7.67. The normalized spacial score (nSPS) is 21.1. The molecule has 0 radical (unpaired) electrons. The zero-order chi connectivity index (χ0) is 20.9. The van der Waals surface area contributed by atoms with Crippen LogP contribution in [0.4, 0.5) is 0 Å². The van der Waals surface area contributed by atoms with Gasteiger partial charge in [-0.1, -0.05) is 24.6 Å². The molecule has 0 aromatic heterocycles. The molecule has 1 atom stereocenters. The average molecular weight is 423 g/mol. The van der Waals surface area contributed by atoms with Crippen LogP contribution < -0.4 is 5.32 Å². The Bertz CT molecular complexity index is 776. The molecule has 0 saturated carbocycles. The van der Waals surface area contributed by atoms with Crippen LogP contribution in [0.5, 0.6) is 0 Å². The van der Waals surface area contributed by atoms with Gasteiger partial charge in [-0.05, 0) is 45.0 Å². The third-order valence-corrected chi connectivity index (χ3v) is 7.90. The van der Waals surface area contributed by atoms with E-state index in [-0.39, 0.29) is 24.9 Å². The Morgan fingerprint density at radius 3 is 2.52 bits per heavy atom. The van der Waals surface area contributed by atoms with Gasteiger partial charge in [-0.15, -0.1) is 0 Å². The van der Waals surface area contributed by atoms with E-state index in [4.69, 9.17) is 0 Å². The van der Waals surface area contributed by atoms with E-state index in [9.17, 15) is 13.2 Å². The third kappa shape index (κ3) is 5.57. The smallest absolute Gasteiger partial charge is 0.243 e. The van der Waals surface area contributed by atoms with Gasteiger partial charge < -0.3 is 10.2 Å². The number of hydrogen-bond acceptors (Lipinski definition) is 5. The van der Waals surface area contributed by atoms with Crippen molar-refractivity contribution in [3.8, 4) is 0 Å². The van der Waals surface area contributed by atoms with Crippen molar-refractivity contribution in [3.63, 3.8) is 0 Å². The van der Waals surface area contributed by atoms with Crippen molar-refractivity contribution in [1.29, 1.82) is 0 Å². The number of rotatable bonds is 8. The number of amides is 1. The molecule has 1 unspecified atom stereocenters. The van der Waals surface area contributed by atoms with E-state index in [1.807, 2.05) is 24.0 Å². The maximum Gasteiger partial charge on any atom is 0.243 e. The third-order valence-electron chi connectivity index (χ3n) is 6.02. The van der Waals surface area contributed by atoms with Crippen LogP contribution in [0.15, 0.2) is 29.2 Å². The molecular weight excluding hydrogens is 388 g/mol. The first-order chi connectivity index (χ1) is 13.9. The molecule has 3 rings (SSSR count). The number of benzene rings is 1. The molecule has 2 aliphatic heterocycles. The standard InChI is InChI=1S/C21H34N4O3S/c1-3-23-13-4-5-19(23)17-25(14-10-21(26)24-15-11-22-12-16-24)29(27,28)20-8-6-18(2)7-9-20/h6-9,19,22H,3-5,10-17H2,1-2H3. The molecule has 1 amide bonds. The molecule has 1 aromatic carbocycles. The maximum absolute atomic E-state index is 13.4. The Morgan fingerprint density at radius 1 is 1.17 bits per heavy atom. The molecule has 7 nitrogen and oxygen atoms in total. The van der Waals surface area contributed by atoms with Crippen molar-refractivity contribution in [3.05, 3.63) is 29.8 Å². The lowest BCUT2D eigenvalue weighted by atomic mass is 10.2. The molecule has 1 N–H and O–H groups in total. The summed E-state index contributed by atoms with van der Waals surface area (Å²) in [5, 5.41) is 3.24. The monoisotopic (exact) mass is 422 g/mol. The molecule has 0 bridgehead atoms. The first kappa shape index (κ1) is 22.2. The van der Waals surface area contributed by atoms with E-state index >= 15 is 0 Å². The largest absolute Gasteiger partial charge is 0.340 e. The van der Waals surface area contributed by atoms with E-state index in [2.05, 4.69) is 17.1 Å². The summed E-state index contributed by atoms with van der Waals surface area (Å²) >= 11 is 0. The van der Waals surface area contributed by atoms with Crippen LogP contribution >= 0.6 is 0 Å². The minimum absolute atomic E-state index is 0.0365. The molecular formula is C21H34N4O3S. The number of nitrogens with zero attached hydrogens (tertiary/aromatic N) is 3. The molecule has 1 aromatic rings. The highest BCUT2D eigenvalue weighted by molar-refractivity contribution is 7.89. The van der Waals surface area contributed by atoms with Gasteiger partial charge in [0, 0.05) is 51.7 Å². The second-order valence-corrected chi connectivity index (χ2v) is 9.92. The number of likely N-dealkylation sites (tertiary alicyclic amines) is 1. The van der Waals surface area contributed by atoms with E-state index in [1.54, 1.807) is 12.1 Å². The molecule has 0 spiro atoms. The lowest BCUT2D eigenvalue weighted by molar-refractivity contribution is -0.131. The number of carbonyl (C=O) groups is 1. The van der Waals surface area contributed by atoms with Crippen LogP contribution in [-0.4, -0.2) is 86.8 Å². The van der Waals surface area contributed by atoms with Crippen LogP contribution in [-0.2, 0) is 14.8 Å². The molecule has 29 heavy (non-hydrogen) atoms. The highest BCUT2D eigenvalue weighted by atomic mass is 32.2. The minimum atomic E-state index is -3.64. The summed E-state index contributed by atoms with van der Waals surface area (Å²) in [5.74, 6) is 0.0365. The van der Waals surface area contributed by atoms with Crippen LogP contribution in [0.2, 0.25) is 0 Å². The summed E-state index contributed by atoms with van der Waals surface area (Å²) in [7, 11) is -3.64. The summed E-state index contributed by atoms with van der Waals surface area (Å²) in [6.45, 7) is 9.64. The van der Waals surface area contributed by atoms with Gasteiger partial charge in [-0.2, -0.15) is 4.31 Å². The molecule has 2 saturated heterocycles. The SMILES string of the molecule is CCN1CCCC1CN(CCC(=O)N1CCNCC1)S(=O)(=O)c1ccc(C)cc1. The first-order valence-electron chi connectivity index (χ1n) is 10.7. The Balaban J connectivity index is 1.75. The van der Waals surface area contributed by atoms with Crippen molar-refractivity contribution in [2.75, 3.05) is 52.4 Å². The van der Waals surface area contributed by atoms with Gasteiger partial charge in [-0.3, -0.25) is 9.69 Å². The molecule has 2 heterocycles. The fourth-order valence-corrected chi connectivity index (χ4v) is 5.69. The Morgan fingerprint density at radius 2 is 1.86 bits per heavy atom. The Labute approximate surface area is 175 Å². The van der Waals surface area contributed by atoms with Crippen LogP contribution in [0.1, 0.15) is 31.7 Å². The van der Waals surface area contributed by atoms with E-state index < -0.39 is 10.0 Å². The second kappa shape index (κ2) is 10.0. The zero-order valence-electron chi connectivity index (χ0n) is 17.6. The van der Waals surface area contributed by atoms with Crippen molar-refractivity contribution in [2.24, 2.45) is 0 Å². The lowest BCUT2D eigenvalue weighted by Gasteiger charge is -2.31. The number of aryl methyl sites for hydroxylation is 1. The van der Waals surface area contributed by atoms with Gasteiger partial charge in [-0.25, -0.2) is 8.42 Å². The van der Waals surface area contributed by atoms with E-state index in [0.29, 0.717) is 24.5 Å². The summed E-state index contributed by atoms with van der Waals surface area (Å²) in [5.41, 5.74) is 1.03. The number of hydrogen-bond donors (Lipinski definition) is 1. The van der Waals surface area contributed by atoms with Crippen molar-refractivity contribution in [1.82, 2.24) is 19.4 Å². The fraction of sp³-hybridized carbons (Fsp3) is 0.667. The number of likely N-dealkylation sites (N-methyl/N-ethyl adjacent to an activating group) is 1. The summed E-state index contributed by atoms with van der Waals surface area (Å²) in [6, 6.07) is 7.20. The number of carbonyl (C=O) groups excluding carboxylic acids is 1. The van der Waals surface area contributed by atoms with Crippen molar-refractivity contribution in [2.45, 2.75) is 44.0 Å². The molecule has 8 heteroatoms. The summed E-state index contributed by atoms with van der Waals surface area (Å²) in [4.78, 5) is 17.1. The van der Waals surface area contributed by atoms with Crippen molar-refractivity contribution >= 4 is 15.9 Å². The number of nitrogens with one attached hydrogen (secondary N) is 1. The topological polar surface area (TPSA) is 73.0 Å². The molecule has 2 fully saturated rings. The predicted octanol–water partition coefficient (Wildman–Crippen LogP) is 1.29. The minimum Gasteiger partial charge on any atom is -0.340 e. The van der Waals surface area contributed by atoms with Crippen LogP contribution in [0.3, 0.4) is 0 Å². The summed E-state index contributed by atoms with van der Waals surface area (Å²) in [6.07, 6.45) is 2.32. The first-order valence-corrected chi connectivity index (χ1v) is 12.1. The number of sulfonamides is 1.